The van der Waals surface area contributed by atoms with Crippen LogP contribution in [-0.4, -0.2) is 29.3 Å². The molecule has 0 amide bonds. The monoisotopic (exact) mass is 474 g/mol. The van der Waals surface area contributed by atoms with Gasteiger partial charge in [0.15, 0.2) is 0 Å². The summed E-state index contributed by atoms with van der Waals surface area (Å²) in [6, 6.07) is 13.9. The van der Waals surface area contributed by atoms with Gasteiger partial charge in [0.05, 0.1) is 5.56 Å². The molecule has 5 nitrogen and oxygen atoms in total. The predicted molar refractivity (Wildman–Crippen MR) is 137 cm³/mol. The van der Waals surface area contributed by atoms with Crippen molar-refractivity contribution in [3.8, 4) is 5.75 Å². The second kappa shape index (κ2) is 12.7. The molecule has 1 aliphatic rings. The molecule has 1 aliphatic heterocycles. The van der Waals surface area contributed by atoms with Crippen molar-refractivity contribution in [2.24, 2.45) is 5.92 Å². The van der Waals surface area contributed by atoms with Crippen molar-refractivity contribution in [1.29, 1.82) is 0 Å². The summed E-state index contributed by atoms with van der Waals surface area (Å²) in [5, 5.41) is 10.4. The minimum Gasteiger partial charge on any atom is -0.507 e. The summed E-state index contributed by atoms with van der Waals surface area (Å²) in [5.41, 5.74) is 2.41. The summed E-state index contributed by atoms with van der Waals surface area (Å²) in [6.45, 7) is 7.90. The molecule has 5 heteroatoms. The predicted octanol–water partition coefficient (Wildman–Crippen LogP) is 6.58. The van der Waals surface area contributed by atoms with Gasteiger partial charge in [0.2, 0.25) is 0 Å². The molecule has 0 bridgehead atoms. The number of phenols is 1. The number of hydrogen-bond acceptors (Lipinski definition) is 5. The number of hydrogen-bond donors (Lipinski definition) is 1. The Hall–Kier alpha value is -3.60. The first kappa shape index (κ1) is 26.0. The van der Waals surface area contributed by atoms with Crippen molar-refractivity contribution in [1.82, 2.24) is 0 Å². The fraction of sp³-hybridized carbons (Fsp3) is 0.333. The van der Waals surface area contributed by atoms with Gasteiger partial charge >= 0.3 is 11.9 Å². The average molecular weight is 475 g/mol. The van der Waals surface area contributed by atoms with Crippen molar-refractivity contribution in [2.45, 2.75) is 58.2 Å². The zero-order valence-corrected chi connectivity index (χ0v) is 20.5. The summed E-state index contributed by atoms with van der Waals surface area (Å²) in [5.74, 6) is -1.06. The zero-order chi connectivity index (χ0) is 25.2. The quantitative estimate of drug-likeness (QED) is 0.378. The van der Waals surface area contributed by atoms with Gasteiger partial charge in [-0.3, -0.25) is 0 Å². The van der Waals surface area contributed by atoms with Gasteiger partial charge < -0.3 is 14.6 Å². The molecule has 0 aliphatic carbocycles. The summed E-state index contributed by atoms with van der Waals surface area (Å²) < 4.78 is 11.9. The van der Waals surface area contributed by atoms with E-state index in [1.807, 2.05) is 50.3 Å². The first-order valence-corrected chi connectivity index (χ1v) is 12.1. The van der Waals surface area contributed by atoms with Gasteiger partial charge in [-0.05, 0) is 55.9 Å². The Kier molecular flexibility index (Phi) is 9.47. The Bertz CT molecular complexity index is 1080. The highest BCUT2D eigenvalue weighted by atomic mass is 16.6. The van der Waals surface area contributed by atoms with Crippen LogP contribution in [0, 0.1) is 5.92 Å². The third-order valence-corrected chi connectivity index (χ3v) is 6.05. The van der Waals surface area contributed by atoms with E-state index in [4.69, 9.17) is 9.47 Å². The summed E-state index contributed by atoms with van der Waals surface area (Å²) in [7, 11) is 0. The SMILES string of the molecule is C=C(C)C/C=C/C[C@H]1C[C@@H](OC(=O)c2ccccc2)[C@@H](C)C/C=C/Cc2cccc(O)c2C(=O)O1. The number of allylic oxidation sites excluding steroid dienone is 4. The van der Waals surface area contributed by atoms with Crippen LogP contribution in [0.4, 0.5) is 0 Å². The van der Waals surface area contributed by atoms with Gasteiger partial charge in [0.25, 0.3) is 0 Å². The summed E-state index contributed by atoms with van der Waals surface area (Å²) >= 11 is 0. The lowest BCUT2D eigenvalue weighted by Gasteiger charge is -2.28. The van der Waals surface area contributed by atoms with Crippen molar-refractivity contribution in [3.05, 3.63) is 102 Å². The van der Waals surface area contributed by atoms with Crippen LogP contribution in [0.3, 0.4) is 0 Å². The molecule has 184 valence electrons. The van der Waals surface area contributed by atoms with Gasteiger partial charge in [-0.25, -0.2) is 9.59 Å². The van der Waals surface area contributed by atoms with E-state index in [1.54, 1.807) is 30.3 Å². The Morgan fingerprint density at radius 1 is 1.14 bits per heavy atom. The minimum atomic E-state index is -0.578. The van der Waals surface area contributed by atoms with Crippen LogP contribution in [0.5, 0.6) is 5.75 Å². The molecule has 0 aromatic heterocycles. The lowest BCUT2D eigenvalue weighted by atomic mass is 9.93. The first-order valence-electron chi connectivity index (χ1n) is 12.1. The van der Waals surface area contributed by atoms with E-state index < -0.39 is 24.1 Å². The topological polar surface area (TPSA) is 72.8 Å². The molecule has 1 heterocycles. The number of cyclic esters (lactones) is 1. The second-order valence-electron chi connectivity index (χ2n) is 9.14. The van der Waals surface area contributed by atoms with Crippen molar-refractivity contribution >= 4 is 11.9 Å². The highest BCUT2D eigenvalue weighted by Gasteiger charge is 2.29. The van der Waals surface area contributed by atoms with E-state index in [-0.39, 0.29) is 17.2 Å². The van der Waals surface area contributed by atoms with E-state index in [0.29, 0.717) is 36.8 Å². The van der Waals surface area contributed by atoms with Gasteiger partial charge in [-0.15, -0.1) is 0 Å². The maximum Gasteiger partial charge on any atom is 0.342 e. The molecule has 0 radical (unpaired) electrons. The largest absolute Gasteiger partial charge is 0.507 e. The molecule has 3 rings (SSSR count). The fourth-order valence-electron chi connectivity index (χ4n) is 4.04. The fourth-order valence-corrected chi connectivity index (χ4v) is 4.04. The molecule has 2 aromatic carbocycles. The molecule has 1 N–H and O–H groups in total. The normalized spacial score (nSPS) is 21.8. The summed E-state index contributed by atoms with van der Waals surface area (Å²) in [6.07, 6.45) is 9.71. The number of fused-ring (bicyclic) bond motifs is 1. The number of carbonyl (C=O) groups is 2. The van der Waals surface area contributed by atoms with Crippen LogP contribution in [0.25, 0.3) is 0 Å². The zero-order valence-electron chi connectivity index (χ0n) is 20.5. The number of phenolic OH excluding ortho intramolecular Hbond substituents is 1. The van der Waals surface area contributed by atoms with Crippen LogP contribution >= 0.6 is 0 Å². The van der Waals surface area contributed by atoms with Crippen LogP contribution in [-0.2, 0) is 15.9 Å². The molecule has 0 fully saturated rings. The van der Waals surface area contributed by atoms with Crippen molar-refractivity contribution < 1.29 is 24.2 Å². The highest BCUT2D eigenvalue weighted by Crippen LogP contribution is 2.28. The highest BCUT2D eigenvalue weighted by molar-refractivity contribution is 5.94. The number of esters is 2. The third-order valence-electron chi connectivity index (χ3n) is 6.05. The summed E-state index contributed by atoms with van der Waals surface area (Å²) in [4.78, 5) is 26.0. The van der Waals surface area contributed by atoms with Crippen molar-refractivity contribution in [3.63, 3.8) is 0 Å². The number of benzene rings is 2. The van der Waals surface area contributed by atoms with Gasteiger partial charge in [-0.1, -0.05) is 73.7 Å². The Balaban J connectivity index is 1.89. The second-order valence-corrected chi connectivity index (χ2v) is 9.14. The number of ether oxygens (including phenoxy) is 2. The number of carbonyl (C=O) groups excluding carboxylic acids is 2. The molecule has 0 unspecified atom stereocenters. The van der Waals surface area contributed by atoms with E-state index in [1.165, 1.54) is 6.07 Å². The standard InChI is InChI=1S/C30H34O5/c1-21(2)12-7-10-18-25-20-27(35-29(32)24-15-5-4-6-16-24)22(3)13-8-9-14-23-17-11-19-26(31)28(23)30(33)34-25/h4-11,15-17,19,22,25,27,31H,1,12-14,18,20H2,2-3H3/b9-8+,10-7+/t22-,25-,27+/m0/s1. The maximum absolute atomic E-state index is 13.2. The smallest absolute Gasteiger partial charge is 0.342 e. The third kappa shape index (κ3) is 7.71. The van der Waals surface area contributed by atoms with Crippen LogP contribution in [0.2, 0.25) is 0 Å². The van der Waals surface area contributed by atoms with E-state index in [9.17, 15) is 14.7 Å². The van der Waals surface area contributed by atoms with Crippen LogP contribution < -0.4 is 0 Å². The van der Waals surface area contributed by atoms with Crippen LogP contribution in [0.15, 0.2) is 85.0 Å². The molecular weight excluding hydrogens is 440 g/mol. The van der Waals surface area contributed by atoms with Gasteiger partial charge in [-0.2, -0.15) is 0 Å². The number of aromatic hydroxyl groups is 1. The lowest BCUT2D eigenvalue weighted by molar-refractivity contribution is -0.0129. The number of rotatable bonds is 6. The molecule has 3 atom stereocenters. The Morgan fingerprint density at radius 3 is 2.66 bits per heavy atom. The van der Waals surface area contributed by atoms with Gasteiger partial charge in [0, 0.05) is 12.8 Å². The molecule has 2 aromatic rings. The first-order chi connectivity index (χ1) is 16.8. The maximum atomic E-state index is 13.2. The molecular formula is C30H34O5. The van der Waals surface area contributed by atoms with E-state index in [0.717, 1.165) is 12.0 Å². The van der Waals surface area contributed by atoms with Crippen molar-refractivity contribution in [2.75, 3.05) is 0 Å². The van der Waals surface area contributed by atoms with E-state index >= 15 is 0 Å². The van der Waals surface area contributed by atoms with E-state index in [2.05, 4.69) is 6.58 Å². The molecule has 0 saturated heterocycles. The lowest BCUT2D eigenvalue weighted by Crippen LogP contribution is -2.32. The average Bonchev–Trinajstić information content (AvgIpc) is 2.83. The Morgan fingerprint density at radius 2 is 1.91 bits per heavy atom. The minimum absolute atomic E-state index is 0.0163. The molecule has 35 heavy (non-hydrogen) atoms. The van der Waals surface area contributed by atoms with Crippen LogP contribution in [0.1, 0.15) is 65.8 Å². The molecule has 0 spiro atoms. The van der Waals surface area contributed by atoms with Gasteiger partial charge in [0.1, 0.15) is 23.5 Å². The Labute approximate surface area is 207 Å². The molecule has 0 saturated carbocycles.